The molecule has 0 bridgehead atoms. The van der Waals surface area contributed by atoms with Crippen LogP contribution in [-0.4, -0.2) is 164 Å². The van der Waals surface area contributed by atoms with Crippen molar-refractivity contribution < 1.29 is 74.4 Å². The van der Waals surface area contributed by atoms with Crippen LogP contribution in [0.5, 0.6) is 0 Å². The molecule has 14 atom stereocenters. The van der Waals surface area contributed by atoms with Crippen LogP contribution in [0.4, 0.5) is 0 Å². The fraction of sp³-hybridized carbons (Fsp3) is 0.950. The normalized spacial score (nSPS) is 47.9. The number of carbonyl (C=O) groups is 1. The molecule has 0 aromatic heterocycles. The zero-order valence-electron chi connectivity index (χ0n) is 19.4. The Morgan fingerprint density at radius 2 is 1.33 bits per heavy atom. The highest BCUT2D eigenvalue weighted by Gasteiger charge is 2.50. The maximum absolute atomic E-state index is 11.4. The largest absolute Gasteiger partial charge is 0.394 e. The number of amides is 1. The summed E-state index contributed by atoms with van der Waals surface area (Å²) in [5, 5.41) is 92.9. The first-order chi connectivity index (χ1) is 17.0. The fourth-order valence-corrected chi connectivity index (χ4v) is 4.30. The molecule has 0 unspecified atom stereocenters. The molecule has 3 rings (SSSR count). The predicted molar refractivity (Wildman–Crippen MR) is 112 cm³/mol. The second-order valence-corrected chi connectivity index (χ2v) is 9.00. The van der Waals surface area contributed by atoms with Crippen LogP contribution < -0.4 is 5.32 Å². The second kappa shape index (κ2) is 12.6. The van der Waals surface area contributed by atoms with Gasteiger partial charge in [0.25, 0.3) is 0 Å². The van der Waals surface area contributed by atoms with Crippen molar-refractivity contribution >= 4 is 5.91 Å². The first-order valence-corrected chi connectivity index (χ1v) is 11.4. The lowest BCUT2D eigenvalue weighted by atomic mass is 9.96. The van der Waals surface area contributed by atoms with Gasteiger partial charge in [-0.3, -0.25) is 4.79 Å². The lowest BCUT2D eigenvalue weighted by molar-refractivity contribution is -0.346. The average molecular weight is 529 g/mol. The molecule has 0 radical (unpaired) electrons. The Kier molecular flexibility index (Phi) is 10.3. The standard InChI is InChI=1S/C20H35NO15/c1-6(24)21-7-4-32-9(3-23)18(11(7)25)36-20-17(31)15(29)13(27)10(35-20)5-33-19-16(30)14(28)12(26)8(2-22)34-19/h7-20,22-23,25-31H,2-5H2,1H3,(H,21,24)/t7-,8+,9+,10+,11+,12+,13+,14-,15-,16-,17-,18+,19-,20-/m0/s1. The van der Waals surface area contributed by atoms with E-state index >= 15 is 0 Å². The Labute approximate surface area is 205 Å². The minimum absolute atomic E-state index is 0.128. The summed E-state index contributed by atoms with van der Waals surface area (Å²) in [6.07, 6.45) is -20.0. The summed E-state index contributed by atoms with van der Waals surface area (Å²) < 4.78 is 27.1. The van der Waals surface area contributed by atoms with E-state index < -0.39 is 111 Å². The lowest BCUT2D eigenvalue weighted by Crippen LogP contribution is -2.65. The maximum Gasteiger partial charge on any atom is 0.217 e. The zero-order valence-corrected chi connectivity index (χ0v) is 19.4. The monoisotopic (exact) mass is 529 g/mol. The molecule has 36 heavy (non-hydrogen) atoms. The van der Waals surface area contributed by atoms with Crippen molar-refractivity contribution in [1.29, 1.82) is 0 Å². The maximum atomic E-state index is 11.4. The second-order valence-electron chi connectivity index (χ2n) is 9.00. The molecule has 16 nitrogen and oxygen atoms in total. The first-order valence-electron chi connectivity index (χ1n) is 11.4. The molecule has 210 valence electrons. The Morgan fingerprint density at radius 1 is 0.778 bits per heavy atom. The van der Waals surface area contributed by atoms with Gasteiger partial charge in [0.15, 0.2) is 12.6 Å². The van der Waals surface area contributed by atoms with Crippen LogP contribution >= 0.6 is 0 Å². The van der Waals surface area contributed by atoms with Crippen molar-refractivity contribution in [2.45, 2.75) is 92.7 Å². The Morgan fingerprint density at radius 3 is 1.92 bits per heavy atom. The van der Waals surface area contributed by atoms with Gasteiger partial charge in [-0.2, -0.15) is 0 Å². The molecule has 16 heteroatoms. The van der Waals surface area contributed by atoms with Gasteiger partial charge in [0.1, 0.15) is 67.1 Å². The van der Waals surface area contributed by atoms with Crippen molar-refractivity contribution in [1.82, 2.24) is 5.32 Å². The molecule has 0 aromatic rings. The average Bonchev–Trinajstić information content (AvgIpc) is 2.85. The Bertz CT molecular complexity index is 715. The molecule has 3 aliphatic heterocycles. The highest BCUT2D eigenvalue weighted by Crippen LogP contribution is 2.29. The number of aliphatic hydroxyl groups is 9. The van der Waals surface area contributed by atoms with Gasteiger partial charge in [-0.25, -0.2) is 0 Å². The van der Waals surface area contributed by atoms with Gasteiger partial charge < -0.3 is 75.0 Å². The topological polar surface area (TPSA) is 257 Å². The van der Waals surface area contributed by atoms with Crippen molar-refractivity contribution in [2.24, 2.45) is 0 Å². The van der Waals surface area contributed by atoms with E-state index in [1.807, 2.05) is 0 Å². The van der Waals surface area contributed by atoms with Crippen LogP contribution in [0.3, 0.4) is 0 Å². The molecule has 3 saturated heterocycles. The van der Waals surface area contributed by atoms with E-state index in [2.05, 4.69) is 5.32 Å². The van der Waals surface area contributed by atoms with E-state index in [9.17, 15) is 50.8 Å². The van der Waals surface area contributed by atoms with Gasteiger partial charge in [0.2, 0.25) is 5.91 Å². The lowest BCUT2D eigenvalue weighted by Gasteiger charge is -2.45. The number of rotatable bonds is 8. The van der Waals surface area contributed by atoms with Gasteiger partial charge in [-0.1, -0.05) is 0 Å². The molecular weight excluding hydrogens is 494 g/mol. The van der Waals surface area contributed by atoms with Gasteiger partial charge in [0, 0.05) is 6.92 Å². The van der Waals surface area contributed by atoms with Gasteiger partial charge in [0.05, 0.1) is 32.5 Å². The van der Waals surface area contributed by atoms with Crippen LogP contribution in [0, 0.1) is 0 Å². The SMILES string of the molecule is CC(=O)N[C@H]1CO[C@H](CO)[C@@H](O[C@@H]2O[C@H](CO[C@H]3O[C@H](CO)[C@@H](O)[C@H](O)[C@@H]3O)[C@@H](O)[C@H](O)[C@@H]2O)[C@@H]1O. The van der Waals surface area contributed by atoms with Crippen LogP contribution in [-0.2, 0) is 28.5 Å². The minimum atomic E-state index is -1.81. The third-order valence-electron chi connectivity index (χ3n) is 6.41. The van der Waals surface area contributed by atoms with Gasteiger partial charge in [-0.15, -0.1) is 0 Å². The summed E-state index contributed by atoms with van der Waals surface area (Å²) in [5.74, 6) is -0.457. The van der Waals surface area contributed by atoms with E-state index in [-0.39, 0.29) is 6.61 Å². The first kappa shape index (κ1) is 29.5. The highest BCUT2D eigenvalue weighted by molar-refractivity contribution is 5.73. The van der Waals surface area contributed by atoms with Crippen LogP contribution in [0.15, 0.2) is 0 Å². The number of hydrogen-bond donors (Lipinski definition) is 10. The minimum Gasteiger partial charge on any atom is -0.394 e. The van der Waals surface area contributed by atoms with Crippen molar-refractivity contribution in [3.63, 3.8) is 0 Å². The third kappa shape index (κ3) is 6.30. The third-order valence-corrected chi connectivity index (χ3v) is 6.41. The van der Waals surface area contributed by atoms with Gasteiger partial charge in [-0.05, 0) is 0 Å². The van der Waals surface area contributed by atoms with E-state index in [0.717, 1.165) is 0 Å². The van der Waals surface area contributed by atoms with E-state index in [0.29, 0.717) is 0 Å². The van der Waals surface area contributed by atoms with Crippen LogP contribution in [0.1, 0.15) is 6.92 Å². The molecule has 0 aromatic carbocycles. The quantitative estimate of drug-likeness (QED) is 0.140. The molecule has 0 saturated carbocycles. The molecule has 0 spiro atoms. The van der Waals surface area contributed by atoms with Crippen LogP contribution in [0.25, 0.3) is 0 Å². The number of ether oxygens (including phenoxy) is 5. The Balaban J connectivity index is 1.67. The summed E-state index contributed by atoms with van der Waals surface area (Å²) in [6.45, 7) is -0.754. The summed E-state index contributed by atoms with van der Waals surface area (Å²) in [6, 6.07) is -0.906. The molecule has 0 aliphatic carbocycles. The van der Waals surface area contributed by atoms with E-state index in [1.165, 1.54) is 6.92 Å². The fourth-order valence-electron chi connectivity index (χ4n) is 4.30. The summed E-state index contributed by atoms with van der Waals surface area (Å²) in [5.41, 5.74) is 0. The molecular formula is C20H35NO15. The highest BCUT2D eigenvalue weighted by atomic mass is 16.7. The van der Waals surface area contributed by atoms with Crippen molar-refractivity contribution in [3.05, 3.63) is 0 Å². The van der Waals surface area contributed by atoms with Crippen molar-refractivity contribution in [2.75, 3.05) is 26.4 Å². The predicted octanol–water partition coefficient (Wildman–Crippen LogP) is -6.75. The zero-order chi connectivity index (χ0) is 26.7. The number of carbonyl (C=O) groups excluding carboxylic acids is 1. The molecule has 10 N–H and O–H groups in total. The number of hydrogen-bond acceptors (Lipinski definition) is 15. The molecule has 3 fully saturated rings. The summed E-state index contributed by atoms with van der Waals surface area (Å²) in [4.78, 5) is 11.4. The number of nitrogens with one attached hydrogen (secondary N) is 1. The Hall–Kier alpha value is -1.09. The smallest absolute Gasteiger partial charge is 0.217 e. The summed E-state index contributed by atoms with van der Waals surface area (Å²) >= 11 is 0. The van der Waals surface area contributed by atoms with Crippen LogP contribution in [0.2, 0.25) is 0 Å². The van der Waals surface area contributed by atoms with Gasteiger partial charge >= 0.3 is 0 Å². The molecule has 1 amide bonds. The van der Waals surface area contributed by atoms with E-state index in [4.69, 9.17) is 23.7 Å². The molecule has 3 heterocycles. The van der Waals surface area contributed by atoms with Crippen molar-refractivity contribution in [3.8, 4) is 0 Å². The van der Waals surface area contributed by atoms with E-state index in [1.54, 1.807) is 0 Å². The summed E-state index contributed by atoms with van der Waals surface area (Å²) in [7, 11) is 0. The number of aliphatic hydroxyl groups excluding tert-OH is 9. The molecule has 3 aliphatic rings.